The van der Waals surface area contributed by atoms with E-state index in [0.29, 0.717) is 27.7 Å². The molecule has 132 valence electrons. The molecule has 0 radical (unpaired) electrons. The van der Waals surface area contributed by atoms with Gasteiger partial charge in [-0.1, -0.05) is 57.9 Å². The molecular formula is C21H13BrClN3O. The Labute approximate surface area is 169 Å². The topological polar surface area (TPSA) is 54.9 Å². The van der Waals surface area contributed by atoms with Crippen molar-refractivity contribution in [3.05, 3.63) is 93.7 Å². The lowest BCUT2D eigenvalue weighted by atomic mass is 10.0. The summed E-state index contributed by atoms with van der Waals surface area (Å²) in [5.74, 6) is 0.505. The van der Waals surface area contributed by atoms with Gasteiger partial charge >= 0.3 is 0 Å². The zero-order valence-electron chi connectivity index (χ0n) is 14.0. The number of carbonyl (C=O) groups excluding carboxylic acids is 1. The Bertz CT molecular complexity index is 1150. The fraction of sp³-hybridized carbons (Fsp3) is 0. The Morgan fingerprint density at radius 3 is 2.59 bits per heavy atom. The average molecular weight is 439 g/mol. The molecule has 4 aromatic rings. The van der Waals surface area contributed by atoms with Crippen LogP contribution in [0.1, 0.15) is 15.9 Å². The van der Waals surface area contributed by atoms with Crippen molar-refractivity contribution >= 4 is 55.7 Å². The minimum atomic E-state index is -0.111. The van der Waals surface area contributed by atoms with E-state index in [1.807, 2.05) is 36.4 Å². The molecule has 0 amide bonds. The number of fused-ring (bicyclic) bond motifs is 1. The summed E-state index contributed by atoms with van der Waals surface area (Å²) >= 11 is 9.63. The summed E-state index contributed by atoms with van der Waals surface area (Å²) < 4.78 is 0.921. The van der Waals surface area contributed by atoms with Crippen LogP contribution in [-0.2, 0) is 0 Å². The number of hydrogen-bond acceptors (Lipinski definition) is 4. The van der Waals surface area contributed by atoms with Gasteiger partial charge in [-0.25, -0.2) is 9.97 Å². The van der Waals surface area contributed by atoms with Crippen LogP contribution in [0.5, 0.6) is 0 Å². The molecular weight excluding hydrogens is 426 g/mol. The number of carbonyl (C=O) groups is 1. The Balaban J connectivity index is 1.80. The van der Waals surface area contributed by atoms with Crippen LogP contribution in [0.25, 0.3) is 10.9 Å². The van der Waals surface area contributed by atoms with Crippen molar-refractivity contribution < 1.29 is 4.79 Å². The van der Waals surface area contributed by atoms with Gasteiger partial charge in [0.05, 0.1) is 11.2 Å². The number of hydrogen-bond donors (Lipinski definition) is 1. The third kappa shape index (κ3) is 3.70. The largest absolute Gasteiger partial charge is 0.339 e. The van der Waals surface area contributed by atoms with Crippen LogP contribution < -0.4 is 5.32 Å². The molecule has 1 N–H and O–H groups in total. The normalized spacial score (nSPS) is 10.7. The van der Waals surface area contributed by atoms with E-state index in [1.54, 1.807) is 30.3 Å². The minimum Gasteiger partial charge on any atom is -0.339 e. The van der Waals surface area contributed by atoms with Crippen LogP contribution in [0.3, 0.4) is 0 Å². The second kappa shape index (κ2) is 7.47. The number of rotatable bonds is 4. The van der Waals surface area contributed by atoms with Gasteiger partial charge in [-0.15, -0.1) is 0 Å². The lowest BCUT2D eigenvalue weighted by Gasteiger charge is -2.13. The molecule has 3 aromatic carbocycles. The molecule has 27 heavy (non-hydrogen) atoms. The van der Waals surface area contributed by atoms with Gasteiger partial charge in [-0.05, 0) is 36.4 Å². The molecule has 6 heteroatoms. The molecule has 4 nitrogen and oxygen atoms in total. The van der Waals surface area contributed by atoms with E-state index in [0.717, 1.165) is 15.4 Å². The van der Waals surface area contributed by atoms with Gasteiger partial charge in [-0.3, -0.25) is 4.79 Å². The van der Waals surface area contributed by atoms with E-state index in [-0.39, 0.29) is 5.78 Å². The standard InChI is InChI=1S/C21H13BrClN3O/c22-14-6-8-18-17(10-14)21(25-12-24-18)26-19-9-7-15(23)11-16(19)20(27)13-4-2-1-3-5-13/h1-12H,(H,24,25,26). The van der Waals surface area contributed by atoms with Crippen LogP contribution in [0, 0.1) is 0 Å². The Hall–Kier alpha value is -2.76. The molecule has 0 unspecified atom stereocenters. The van der Waals surface area contributed by atoms with Gasteiger partial charge in [0.25, 0.3) is 0 Å². The van der Waals surface area contributed by atoms with Crippen molar-refractivity contribution in [2.45, 2.75) is 0 Å². The van der Waals surface area contributed by atoms with Gasteiger partial charge in [-0.2, -0.15) is 0 Å². The zero-order valence-corrected chi connectivity index (χ0v) is 16.3. The predicted octanol–water partition coefficient (Wildman–Crippen LogP) is 6.02. The molecule has 0 atom stereocenters. The summed E-state index contributed by atoms with van der Waals surface area (Å²) in [7, 11) is 0. The highest BCUT2D eigenvalue weighted by molar-refractivity contribution is 9.10. The van der Waals surface area contributed by atoms with E-state index in [2.05, 4.69) is 31.2 Å². The lowest BCUT2D eigenvalue weighted by Crippen LogP contribution is -2.06. The van der Waals surface area contributed by atoms with Gasteiger partial charge in [0.2, 0.25) is 0 Å². The first-order valence-corrected chi connectivity index (χ1v) is 9.35. The molecule has 0 aliphatic carbocycles. The molecule has 0 saturated heterocycles. The third-order valence-electron chi connectivity index (χ3n) is 4.11. The first-order valence-electron chi connectivity index (χ1n) is 8.18. The molecule has 4 rings (SSSR count). The van der Waals surface area contributed by atoms with Crippen molar-refractivity contribution in [3.63, 3.8) is 0 Å². The van der Waals surface area contributed by atoms with E-state index < -0.39 is 0 Å². The molecule has 0 fully saturated rings. The van der Waals surface area contributed by atoms with Crippen LogP contribution in [0.4, 0.5) is 11.5 Å². The molecule has 0 aliphatic rings. The van der Waals surface area contributed by atoms with Gasteiger partial charge in [0.15, 0.2) is 5.78 Å². The molecule has 0 saturated carbocycles. The first-order chi connectivity index (χ1) is 13.1. The SMILES string of the molecule is O=C(c1ccccc1)c1cc(Cl)ccc1Nc1ncnc2ccc(Br)cc12. The fourth-order valence-corrected chi connectivity index (χ4v) is 3.35. The quantitative estimate of drug-likeness (QED) is 0.396. The average Bonchev–Trinajstić information content (AvgIpc) is 2.70. The maximum Gasteiger partial charge on any atom is 0.195 e. The van der Waals surface area contributed by atoms with Crippen LogP contribution >= 0.6 is 27.5 Å². The Kier molecular flexibility index (Phi) is 4.88. The highest BCUT2D eigenvalue weighted by atomic mass is 79.9. The fourth-order valence-electron chi connectivity index (χ4n) is 2.81. The number of aromatic nitrogens is 2. The molecule has 1 heterocycles. The van der Waals surface area contributed by atoms with Crippen LogP contribution in [0.15, 0.2) is 77.5 Å². The van der Waals surface area contributed by atoms with Crippen molar-refractivity contribution in [3.8, 4) is 0 Å². The monoisotopic (exact) mass is 437 g/mol. The second-order valence-electron chi connectivity index (χ2n) is 5.89. The summed E-state index contributed by atoms with van der Waals surface area (Å²) in [6.45, 7) is 0. The van der Waals surface area contributed by atoms with Crippen molar-refractivity contribution in [2.75, 3.05) is 5.32 Å². The number of nitrogens with zero attached hydrogens (tertiary/aromatic N) is 2. The summed E-state index contributed by atoms with van der Waals surface area (Å²) in [6.07, 6.45) is 1.49. The highest BCUT2D eigenvalue weighted by Gasteiger charge is 2.16. The van der Waals surface area contributed by atoms with E-state index in [4.69, 9.17) is 11.6 Å². The minimum absolute atomic E-state index is 0.111. The molecule has 0 bridgehead atoms. The van der Waals surface area contributed by atoms with Crippen molar-refractivity contribution in [1.29, 1.82) is 0 Å². The smallest absolute Gasteiger partial charge is 0.195 e. The number of halogens is 2. The summed E-state index contributed by atoms with van der Waals surface area (Å²) in [5, 5.41) is 4.61. The van der Waals surface area contributed by atoms with Crippen LogP contribution in [-0.4, -0.2) is 15.8 Å². The second-order valence-corrected chi connectivity index (χ2v) is 7.25. The van der Waals surface area contributed by atoms with E-state index in [1.165, 1.54) is 6.33 Å². The summed E-state index contributed by atoms with van der Waals surface area (Å²) in [6, 6.07) is 20.1. The van der Waals surface area contributed by atoms with Crippen LogP contribution in [0.2, 0.25) is 5.02 Å². The Morgan fingerprint density at radius 1 is 0.963 bits per heavy atom. The third-order valence-corrected chi connectivity index (χ3v) is 4.84. The first kappa shape index (κ1) is 17.6. The molecule has 0 spiro atoms. The van der Waals surface area contributed by atoms with Crippen molar-refractivity contribution in [2.24, 2.45) is 0 Å². The lowest BCUT2D eigenvalue weighted by molar-refractivity contribution is 0.103. The van der Waals surface area contributed by atoms with Gasteiger partial charge in [0.1, 0.15) is 12.1 Å². The summed E-state index contributed by atoms with van der Waals surface area (Å²) in [4.78, 5) is 21.6. The van der Waals surface area contributed by atoms with Gasteiger partial charge in [0, 0.05) is 26.0 Å². The molecule has 0 aliphatic heterocycles. The molecule has 1 aromatic heterocycles. The maximum absolute atomic E-state index is 13.0. The van der Waals surface area contributed by atoms with Crippen molar-refractivity contribution in [1.82, 2.24) is 9.97 Å². The Morgan fingerprint density at radius 2 is 1.78 bits per heavy atom. The number of ketones is 1. The predicted molar refractivity (Wildman–Crippen MR) is 112 cm³/mol. The van der Waals surface area contributed by atoms with E-state index in [9.17, 15) is 4.79 Å². The van der Waals surface area contributed by atoms with E-state index >= 15 is 0 Å². The highest BCUT2D eigenvalue weighted by Crippen LogP contribution is 2.30. The summed E-state index contributed by atoms with van der Waals surface area (Å²) in [5.41, 5.74) is 2.52. The maximum atomic E-state index is 13.0. The number of anilines is 2. The number of benzene rings is 3. The van der Waals surface area contributed by atoms with Gasteiger partial charge < -0.3 is 5.32 Å². The zero-order chi connectivity index (χ0) is 18.8. The number of nitrogens with one attached hydrogen (secondary N) is 1.